The van der Waals surface area contributed by atoms with Crippen molar-refractivity contribution in [3.63, 3.8) is 0 Å². The largest absolute Gasteiger partial charge is 0.466 e. The Bertz CT molecular complexity index is 645. The highest BCUT2D eigenvalue weighted by molar-refractivity contribution is 6.30. The summed E-state index contributed by atoms with van der Waals surface area (Å²) in [6, 6.07) is -2.29. The van der Waals surface area contributed by atoms with Crippen molar-refractivity contribution in [1.82, 2.24) is 15.3 Å². The minimum absolute atomic E-state index is 0.0146. The first-order valence-corrected chi connectivity index (χ1v) is 4.25. The summed E-state index contributed by atoms with van der Waals surface area (Å²) in [6.07, 6.45) is 0. The lowest BCUT2D eigenvalue weighted by Gasteiger charge is -2.22. The van der Waals surface area contributed by atoms with Gasteiger partial charge in [-0.25, -0.2) is 21.5 Å². The van der Waals surface area contributed by atoms with Crippen LogP contribution in [0.15, 0.2) is 4.99 Å². The van der Waals surface area contributed by atoms with Gasteiger partial charge in [0.2, 0.25) is 0 Å². The van der Waals surface area contributed by atoms with Crippen LogP contribution >= 0.6 is 0 Å². The van der Waals surface area contributed by atoms with Crippen molar-refractivity contribution in [3.8, 4) is 0 Å². The summed E-state index contributed by atoms with van der Waals surface area (Å²) >= 11 is 0. The third-order valence-electron chi connectivity index (χ3n) is 2.25. The number of carbonyl (C=O) groups is 3. The summed E-state index contributed by atoms with van der Waals surface area (Å²) in [5.74, 6) is -1.87. The number of urea groups is 2. The maximum absolute atomic E-state index is 11.9. The number of hydrogen-bond acceptors (Lipinski definition) is 3. The van der Waals surface area contributed by atoms with Gasteiger partial charge < -0.3 is 0 Å². The van der Waals surface area contributed by atoms with E-state index in [0.29, 0.717) is 0 Å². The van der Waals surface area contributed by atoms with Crippen LogP contribution in [0.25, 0.3) is 14.8 Å². The van der Waals surface area contributed by atoms with Crippen molar-refractivity contribution in [2.45, 2.75) is 5.66 Å². The third kappa shape index (κ3) is 1.02. The molecule has 1 fully saturated rings. The van der Waals surface area contributed by atoms with E-state index in [-0.39, 0.29) is 10.0 Å². The smallest absolute Gasteiger partial charge is 0.267 e. The summed E-state index contributed by atoms with van der Waals surface area (Å²) < 4.78 is 0. The molecule has 5 amide bonds. The molecule has 1 atom stereocenters. The third-order valence-corrected chi connectivity index (χ3v) is 2.25. The molecule has 2 aliphatic rings. The predicted molar refractivity (Wildman–Crippen MR) is 52.6 cm³/mol. The first-order valence-electron chi connectivity index (χ1n) is 4.25. The van der Waals surface area contributed by atoms with Crippen LogP contribution in [0.5, 0.6) is 0 Å². The molecule has 2 rings (SSSR count). The first-order chi connectivity index (χ1) is 8.51. The maximum Gasteiger partial charge on any atom is 0.466 e. The summed E-state index contributed by atoms with van der Waals surface area (Å²) in [7, 11) is 0. The predicted octanol–water partition coefficient (Wildman–Crippen LogP) is -0.344. The van der Waals surface area contributed by atoms with Crippen molar-refractivity contribution in [2.24, 2.45) is 4.99 Å². The number of amidine groups is 1. The quantitative estimate of drug-likeness (QED) is 0.589. The van der Waals surface area contributed by atoms with Crippen LogP contribution in [0.3, 0.4) is 0 Å². The van der Waals surface area contributed by atoms with E-state index < -0.39 is 29.5 Å². The lowest BCUT2D eigenvalue weighted by Crippen LogP contribution is -2.67. The van der Waals surface area contributed by atoms with E-state index in [4.69, 9.17) is 19.7 Å². The fourth-order valence-corrected chi connectivity index (χ4v) is 1.49. The van der Waals surface area contributed by atoms with Crippen LogP contribution < -0.4 is 5.32 Å². The van der Waals surface area contributed by atoms with Crippen molar-refractivity contribution < 1.29 is 14.4 Å². The van der Waals surface area contributed by atoms with E-state index in [9.17, 15) is 14.4 Å². The molecule has 2 aliphatic heterocycles. The number of hydrogen-bond donors (Lipinski definition) is 1. The lowest BCUT2D eigenvalue weighted by atomic mass is 10.1. The minimum Gasteiger partial charge on any atom is -0.267 e. The Labute approximate surface area is 99.5 Å². The van der Waals surface area contributed by atoms with Gasteiger partial charge in [0.05, 0.1) is 5.01 Å². The second-order valence-electron chi connectivity index (χ2n) is 3.10. The molecule has 18 heavy (non-hydrogen) atoms. The van der Waals surface area contributed by atoms with E-state index in [1.165, 1.54) is 0 Å². The molecule has 0 saturated carbocycles. The first kappa shape index (κ1) is 11.0. The average Bonchev–Trinajstić information content (AvgIpc) is 2.69. The Hall–Kier alpha value is -3.45. The molecule has 1 unspecified atom stereocenters. The molecule has 0 aliphatic carbocycles. The van der Waals surface area contributed by atoms with Gasteiger partial charge in [0, 0.05) is 5.01 Å². The number of nitrogens with zero attached hydrogens (tertiary/aromatic N) is 6. The van der Waals surface area contributed by atoms with Crippen molar-refractivity contribution in [2.75, 3.05) is 0 Å². The molecule has 10 heteroatoms. The molecule has 0 spiro atoms. The van der Waals surface area contributed by atoms with E-state index in [1.807, 2.05) is 5.32 Å². The van der Waals surface area contributed by atoms with Gasteiger partial charge in [-0.05, 0) is 0 Å². The van der Waals surface area contributed by atoms with Gasteiger partial charge in [0.1, 0.15) is 0 Å². The minimum atomic E-state index is -2.31. The number of amides is 5. The Kier molecular flexibility index (Phi) is 2.01. The van der Waals surface area contributed by atoms with Crippen LogP contribution in [0.2, 0.25) is 0 Å². The Morgan fingerprint density at radius 1 is 1.11 bits per heavy atom. The van der Waals surface area contributed by atoms with Gasteiger partial charge >= 0.3 is 29.5 Å². The normalized spacial score (nSPS) is 25.6. The lowest BCUT2D eigenvalue weighted by molar-refractivity contribution is -0.130. The van der Waals surface area contributed by atoms with Crippen molar-refractivity contribution >= 4 is 23.8 Å². The highest BCUT2D eigenvalue weighted by atomic mass is 16.2. The van der Waals surface area contributed by atoms with Crippen molar-refractivity contribution in [3.05, 3.63) is 34.5 Å². The molecular formula is C8HN7O3. The number of imide groups is 1. The fourth-order valence-electron chi connectivity index (χ4n) is 1.49. The highest BCUT2D eigenvalue weighted by Gasteiger charge is 2.72. The number of aliphatic imine (C=N–C) groups is 1. The average molecular weight is 243 g/mol. The molecule has 86 valence electrons. The van der Waals surface area contributed by atoms with Gasteiger partial charge in [-0.3, -0.25) is 9.64 Å². The summed E-state index contributed by atoms with van der Waals surface area (Å²) in [5, 5.41) is 2.21. The molecule has 2 heterocycles. The van der Waals surface area contributed by atoms with Gasteiger partial charge in [-0.15, -0.1) is 9.91 Å². The van der Waals surface area contributed by atoms with Gasteiger partial charge in [0.25, 0.3) is 0 Å². The van der Waals surface area contributed by atoms with Crippen LogP contribution in [0.4, 0.5) is 9.59 Å². The van der Waals surface area contributed by atoms with E-state index in [1.54, 1.807) is 0 Å². The monoisotopic (exact) mass is 243 g/mol. The SMILES string of the molecule is [C-]#[N+]N1C(=O)N([N+]#[C-])C2=NC(=O)NC2([N+]#[C-])C1=O. The molecule has 1 saturated heterocycles. The summed E-state index contributed by atoms with van der Waals surface area (Å²) in [6.45, 7) is 20.5. The van der Waals surface area contributed by atoms with Gasteiger partial charge in [-0.1, -0.05) is 0 Å². The van der Waals surface area contributed by atoms with Gasteiger partial charge in [-0.2, -0.15) is 18.1 Å². The zero-order valence-electron chi connectivity index (χ0n) is 8.41. The Morgan fingerprint density at radius 3 is 2.22 bits per heavy atom. The van der Waals surface area contributed by atoms with Crippen LogP contribution in [-0.4, -0.2) is 39.5 Å². The molecule has 0 aromatic carbocycles. The summed E-state index contributed by atoms with van der Waals surface area (Å²) in [5.41, 5.74) is -2.31. The van der Waals surface area contributed by atoms with E-state index in [0.717, 1.165) is 0 Å². The maximum atomic E-state index is 11.9. The second-order valence-corrected chi connectivity index (χ2v) is 3.10. The van der Waals surface area contributed by atoms with Crippen molar-refractivity contribution in [1.29, 1.82) is 0 Å². The highest BCUT2D eigenvalue weighted by Crippen LogP contribution is 2.28. The zero-order valence-corrected chi connectivity index (χ0v) is 8.41. The Morgan fingerprint density at radius 2 is 1.72 bits per heavy atom. The van der Waals surface area contributed by atoms with Crippen LogP contribution in [0.1, 0.15) is 0 Å². The molecule has 0 aromatic rings. The number of carbonyl (C=O) groups excluding carboxylic acids is 3. The van der Waals surface area contributed by atoms with Gasteiger partial charge in [0.15, 0.2) is 0 Å². The van der Waals surface area contributed by atoms with E-state index >= 15 is 0 Å². The zero-order chi connectivity index (χ0) is 13.5. The standard InChI is InChI=1S/C8HN7O3/c1-9-8-4(12-6(17)13-8)14(10-2)7(18)15(11-3)5(8)16/h(H,13,17). The van der Waals surface area contributed by atoms with Crippen LogP contribution in [0, 0.1) is 19.7 Å². The van der Waals surface area contributed by atoms with Crippen LogP contribution in [-0.2, 0) is 4.79 Å². The molecular weight excluding hydrogens is 242 g/mol. The molecule has 0 bridgehead atoms. The second kappa shape index (κ2) is 3.27. The molecule has 10 nitrogen and oxygen atoms in total. The van der Waals surface area contributed by atoms with E-state index in [2.05, 4.69) is 19.7 Å². The number of rotatable bonds is 0. The Balaban J connectivity index is 2.70. The fraction of sp³-hybridized carbons (Fsp3) is 0.125. The topological polar surface area (TPSA) is 95.2 Å². The molecule has 1 N–H and O–H groups in total. The molecule has 0 aromatic heterocycles. The summed E-state index contributed by atoms with van der Waals surface area (Å²) in [4.78, 5) is 46.2. The number of nitrogens with one attached hydrogen (secondary N) is 1. The molecule has 0 radical (unpaired) electrons. The number of fused-ring (bicyclic) bond motifs is 1.